The zero-order valence-corrected chi connectivity index (χ0v) is 20.4. The van der Waals surface area contributed by atoms with Gasteiger partial charge in [-0.3, -0.25) is 14.4 Å². The molecule has 1 aromatic heterocycles. The Morgan fingerprint density at radius 3 is 2.43 bits per heavy atom. The minimum Gasteiger partial charge on any atom is -0.475 e. The van der Waals surface area contributed by atoms with Crippen LogP contribution in [0.1, 0.15) is 40.4 Å². The van der Waals surface area contributed by atoms with Gasteiger partial charge in [-0.15, -0.1) is 0 Å². The van der Waals surface area contributed by atoms with E-state index in [4.69, 9.17) is 9.90 Å². The minimum atomic E-state index is -5.08. The van der Waals surface area contributed by atoms with E-state index in [1.165, 1.54) is 16.3 Å². The van der Waals surface area contributed by atoms with Crippen LogP contribution in [0.3, 0.4) is 0 Å². The van der Waals surface area contributed by atoms with Crippen LogP contribution in [0.5, 0.6) is 0 Å². The molecule has 2 aliphatic heterocycles. The summed E-state index contributed by atoms with van der Waals surface area (Å²) >= 11 is 0. The highest BCUT2D eigenvalue weighted by atomic mass is 19.4. The fourth-order valence-corrected chi connectivity index (χ4v) is 4.98. The zero-order valence-electron chi connectivity index (χ0n) is 20.4. The number of aliphatic hydroxyl groups excluding tert-OH is 1. The number of carbonyl (C=O) groups excluding carboxylic acids is 1. The van der Waals surface area contributed by atoms with Gasteiger partial charge in [0, 0.05) is 57.4 Å². The molecule has 3 aromatic rings. The van der Waals surface area contributed by atoms with Gasteiger partial charge in [0.05, 0.1) is 6.10 Å². The second-order valence-corrected chi connectivity index (χ2v) is 9.46. The van der Waals surface area contributed by atoms with Gasteiger partial charge in [-0.25, -0.2) is 4.79 Å². The number of fused-ring (bicyclic) bond motifs is 1. The maximum absolute atomic E-state index is 13.3. The van der Waals surface area contributed by atoms with Gasteiger partial charge in [0.15, 0.2) is 5.69 Å². The first kappa shape index (κ1) is 26.6. The van der Waals surface area contributed by atoms with Crippen LogP contribution < -0.4 is 0 Å². The van der Waals surface area contributed by atoms with Gasteiger partial charge in [-0.05, 0) is 29.2 Å². The van der Waals surface area contributed by atoms with E-state index in [9.17, 15) is 23.1 Å². The number of benzene rings is 2. The van der Waals surface area contributed by atoms with E-state index in [2.05, 4.69) is 52.5 Å². The molecule has 2 N–H and O–H groups in total. The van der Waals surface area contributed by atoms with Crippen molar-refractivity contribution in [3.63, 3.8) is 0 Å². The molecule has 8 nitrogen and oxygen atoms in total. The van der Waals surface area contributed by atoms with Gasteiger partial charge in [-0.1, -0.05) is 42.5 Å². The molecule has 2 saturated heterocycles. The quantitative estimate of drug-likeness (QED) is 0.550. The highest BCUT2D eigenvalue weighted by Gasteiger charge is 2.38. The number of carboxylic acids is 1. The van der Waals surface area contributed by atoms with Crippen molar-refractivity contribution >= 4 is 22.6 Å². The van der Waals surface area contributed by atoms with Crippen molar-refractivity contribution < 1.29 is 33.0 Å². The molecule has 0 saturated carbocycles. The lowest BCUT2D eigenvalue weighted by Gasteiger charge is -2.19. The summed E-state index contributed by atoms with van der Waals surface area (Å²) in [5.74, 6) is -2.39. The van der Waals surface area contributed by atoms with Gasteiger partial charge < -0.3 is 15.1 Å². The molecule has 0 aliphatic carbocycles. The molecule has 0 radical (unpaired) electrons. The lowest BCUT2D eigenvalue weighted by Crippen LogP contribution is -2.30. The first-order chi connectivity index (χ1) is 17.5. The molecule has 2 fully saturated rings. The largest absolute Gasteiger partial charge is 0.490 e. The second-order valence-electron chi connectivity index (χ2n) is 9.46. The van der Waals surface area contributed by atoms with Crippen LogP contribution in [0.4, 0.5) is 13.2 Å². The number of carboxylic acid groups (broad SMARTS) is 1. The summed E-state index contributed by atoms with van der Waals surface area (Å²) < 4.78 is 33.5. The van der Waals surface area contributed by atoms with Gasteiger partial charge in [0.2, 0.25) is 0 Å². The van der Waals surface area contributed by atoms with E-state index < -0.39 is 12.1 Å². The predicted molar refractivity (Wildman–Crippen MR) is 130 cm³/mol. The fourth-order valence-electron chi connectivity index (χ4n) is 4.98. The van der Waals surface area contributed by atoms with Gasteiger partial charge >= 0.3 is 12.1 Å². The maximum Gasteiger partial charge on any atom is 0.490 e. The Balaban J connectivity index is 0.000000405. The van der Waals surface area contributed by atoms with Crippen molar-refractivity contribution in [2.45, 2.75) is 37.6 Å². The molecular formula is C26H29F3N4O4. The van der Waals surface area contributed by atoms with Crippen molar-refractivity contribution in [1.82, 2.24) is 19.6 Å². The van der Waals surface area contributed by atoms with Crippen LogP contribution in [0, 0.1) is 0 Å². The monoisotopic (exact) mass is 518 g/mol. The third kappa shape index (κ3) is 6.28. The molecule has 2 unspecified atom stereocenters. The smallest absolute Gasteiger partial charge is 0.475 e. The molecule has 3 heterocycles. The summed E-state index contributed by atoms with van der Waals surface area (Å²) in [7, 11) is 1.86. The number of aromatic nitrogens is 2. The molecule has 5 rings (SSSR count). The molecule has 0 spiro atoms. The number of likely N-dealkylation sites (tertiary alicyclic amines) is 2. The summed E-state index contributed by atoms with van der Waals surface area (Å²) in [6.07, 6.45) is -1.64. The minimum absolute atomic E-state index is 0.0214. The van der Waals surface area contributed by atoms with Crippen molar-refractivity contribution in [3.05, 3.63) is 65.5 Å². The number of β-amino-alcohol motifs (C(OH)–C–C–N with tert-alkyl or cyclic N) is 1. The molecule has 2 aliphatic rings. The molecule has 1 amide bonds. The first-order valence-corrected chi connectivity index (χ1v) is 12.0. The summed E-state index contributed by atoms with van der Waals surface area (Å²) in [4.78, 5) is 26.4. The van der Waals surface area contributed by atoms with Crippen LogP contribution in [0.25, 0.3) is 10.8 Å². The molecule has 37 heavy (non-hydrogen) atoms. The van der Waals surface area contributed by atoms with Crippen LogP contribution in [0.15, 0.2) is 48.7 Å². The van der Waals surface area contributed by atoms with Crippen molar-refractivity contribution in [3.8, 4) is 0 Å². The van der Waals surface area contributed by atoms with E-state index in [1.807, 2.05) is 18.1 Å². The Bertz CT molecular complexity index is 1270. The number of rotatable bonds is 4. The van der Waals surface area contributed by atoms with Gasteiger partial charge in [0.25, 0.3) is 5.91 Å². The van der Waals surface area contributed by atoms with E-state index in [-0.39, 0.29) is 12.0 Å². The van der Waals surface area contributed by atoms with Crippen LogP contribution in [-0.2, 0) is 18.4 Å². The third-order valence-electron chi connectivity index (χ3n) is 6.73. The predicted octanol–water partition coefficient (Wildman–Crippen LogP) is 3.40. The summed E-state index contributed by atoms with van der Waals surface area (Å²) in [6, 6.07) is 14.9. The van der Waals surface area contributed by atoms with Crippen molar-refractivity contribution in [2.24, 2.45) is 7.05 Å². The Morgan fingerprint density at radius 1 is 1.05 bits per heavy atom. The Hall–Kier alpha value is -3.44. The number of aryl methyl sites for hydroxylation is 1. The van der Waals surface area contributed by atoms with Crippen LogP contribution >= 0.6 is 0 Å². The summed E-state index contributed by atoms with van der Waals surface area (Å²) in [5.41, 5.74) is 2.83. The molecule has 0 bridgehead atoms. The molecule has 2 aromatic carbocycles. The van der Waals surface area contributed by atoms with E-state index >= 15 is 0 Å². The Labute approximate surface area is 211 Å². The highest BCUT2D eigenvalue weighted by Crippen LogP contribution is 2.33. The van der Waals surface area contributed by atoms with Crippen LogP contribution in [-0.4, -0.2) is 80.1 Å². The van der Waals surface area contributed by atoms with Crippen molar-refractivity contribution in [1.29, 1.82) is 0 Å². The maximum atomic E-state index is 13.3. The number of nitrogens with zero attached hydrogens (tertiary/aromatic N) is 4. The number of alkyl halides is 3. The Kier molecular flexibility index (Phi) is 7.84. The average molecular weight is 519 g/mol. The topological polar surface area (TPSA) is 98.9 Å². The number of carbonyl (C=O) groups is 2. The van der Waals surface area contributed by atoms with E-state index in [0.29, 0.717) is 24.7 Å². The summed E-state index contributed by atoms with van der Waals surface area (Å²) in [6.45, 7) is 3.66. The molecule has 2 atom stereocenters. The third-order valence-corrected chi connectivity index (χ3v) is 6.73. The van der Waals surface area contributed by atoms with Crippen LogP contribution in [0.2, 0.25) is 0 Å². The fraction of sp³-hybridized carbons (Fsp3) is 0.423. The normalized spacial score (nSPS) is 20.2. The lowest BCUT2D eigenvalue weighted by molar-refractivity contribution is -0.192. The Morgan fingerprint density at radius 2 is 1.76 bits per heavy atom. The molecule has 11 heteroatoms. The standard InChI is InChI=1S/C24H28N4O2.C2HF3O2/c1-26-13-19(14-27-11-10-20(29)16-27)23(25-26)24(30)28-12-9-18(15-28)22-8-4-6-17-5-2-3-7-21(17)22;3-2(4,5)1(6)7/h2-8,13,18,20,29H,9-12,14-16H2,1H3;(H,6,7). The SMILES string of the molecule is Cn1cc(CN2CCC(O)C2)c(C(=O)N2CCC(c3cccc4ccccc34)C2)n1.O=C(O)C(F)(F)F. The number of aliphatic carboxylic acids is 1. The number of aliphatic hydroxyl groups is 1. The number of hydrogen-bond donors (Lipinski definition) is 2. The second kappa shape index (κ2) is 10.9. The zero-order chi connectivity index (χ0) is 26.7. The summed E-state index contributed by atoms with van der Waals surface area (Å²) in [5, 5.41) is 24.0. The first-order valence-electron chi connectivity index (χ1n) is 12.0. The number of amides is 1. The molecular weight excluding hydrogens is 489 g/mol. The molecule has 198 valence electrons. The van der Waals surface area contributed by atoms with Crippen molar-refractivity contribution in [2.75, 3.05) is 26.2 Å². The average Bonchev–Trinajstić information content (AvgIpc) is 3.58. The number of halogens is 3. The number of hydrogen-bond acceptors (Lipinski definition) is 5. The van der Waals surface area contributed by atoms with E-state index in [1.54, 1.807) is 4.68 Å². The van der Waals surface area contributed by atoms with E-state index in [0.717, 1.165) is 38.0 Å². The lowest BCUT2D eigenvalue weighted by atomic mass is 9.93. The van der Waals surface area contributed by atoms with Gasteiger partial charge in [-0.2, -0.15) is 18.3 Å². The van der Waals surface area contributed by atoms with Gasteiger partial charge in [0.1, 0.15) is 0 Å². The highest BCUT2D eigenvalue weighted by molar-refractivity contribution is 5.94.